The van der Waals surface area contributed by atoms with Crippen LogP contribution in [0.4, 0.5) is 16.2 Å². The largest absolute Gasteiger partial charge is 0.367 e. The third-order valence-electron chi connectivity index (χ3n) is 4.53. The predicted octanol–water partition coefficient (Wildman–Crippen LogP) is 3.53. The number of anilines is 2. The minimum Gasteiger partial charge on any atom is -0.367 e. The molecule has 0 saturated heterocycles. The maximum Gasteiger partial charge on any atom is 0.319 e. The van der Waals surface area contributed by atoms with Crippen molar-refractivity contribution in [1.29, 1.82) is 0 Å². The molecule has 1 fully saturated rings. The maximum absolute atomic E-state index is 11.8. The molecule has 4 nitrogen and oxygen atoms in total. The Balaban J connectivity index is 1.41. The van der Waals surface area contributed by atoms with Crippen LogP contribution in [0.5, 0.6) is 0 Å². The summed E-state index contributed by atoms with van der Waals surface area (Å²) in [5.41, 5.74) is 4.90. The lowest BCUT2D eigenvalue weighted by Gasteiger charge is -2.30. The Bertz CT molecular complexity index is 707. The molecule has 1 heterocycles. The van der Waals surface area contributed by atoms with E-state index in [0.29, 0.717) is 6.04 Å². The van der Waals surface area contributed by atoms with Crippen molar-refractivity contribution in [3.63, 3.8) is 0 Å². The number of nitrogens with zero attached hydrogens (tertiary/aromatic N) is 1. The van der Waals surface area contributed by atoms with E-state index >= 15 is 0 Å². The molecule has 2 aromatic rings. The molecule has 1 aliphatic carbocycles. The minimum absolute atomic E-state index is 0.104. The molecular weight excluding hydrogens is 286 g/mol. The highest BCUT2D eigenvalue weighted by Crippen LogP contribution is 2.25. The highest BCUT2D eigenvalue weighted by molar-refractivity contribution is 5.89. The molecule has 4 rings (SSSR count). The normalized spacial score (nSPS) is 16.6. The summed E-state index contributed by atoms with van der Waals surface area (Å²) in [6.45, 7) is 1.98. The Hall–Kier alpha value is -2.49. The quantitative estimate of drug-likeness (QED) is 0.911. The molecule has 23 heavy (non-hydrogen) atoms. The van der Waals surface area contributed by atoms with Crippen LogP contribution in [-0.2, 0) is 13.0 Å². The van der Waals surface area contributed by atoms with Crippen LogP contribution in [0, 0.1) is 0 Å². The summed E-state index contributed by atoms with van der Waals surface area (Å²) in [6, 6.07) is 17.0. The van der Waals surface area contributed by atoms with E-state index in [0.717, 1.165) is 38.0 Å². The number of carbonyl (C=O) groups excluding carboxylic acids is 1. The fourth-order valence-electron chi connectivity index (χ4n) is 3.05. The molecule has 0 spiro atoms. The fraction of sp³-hybridized carbons (Fsp3) is 0.316. The average Bonchev–Trinajstić information content (AvgIpc) is 3.39. The zero-order chi connectivity index (χ0) is 15.6. The summed E-state index contributed by atoms with van der Waals surface area (Å²) in [4.78, 5) is 14.1. The van der Waals surface area contributed by atoms with E-state index < -0.39 is 0 Å². The van der Waals surface area contributed by atoms with Crippen molar-refractivity contribution in [3.8, 4) is 0 Å². The van der Waals surface area contributed by atoms with Gasteiger partial charge in [0.15, 0.2) is 0 Å². The molecule has 0 radical (unpaired) electrons. The maximum atomic E-state index is 11.8. The molecule has 1 aliphatic heterocycles. The Morgan fingerprint density at radius 1 is 1.00 bits per heavy atom. The predicted molar refractivity (Wildman–Crippen MR) is 92.8 cm³/mol. The number of fused-ring (bicyclic) bond motifs is 1. The summed E-state index contributed by atoms with van der Waals surface area (Å²) >= 11 is 0. The van der Waals surface area contributed by atoms with E-state index in [-0.39, 0.29) is 6.03 Å². The molecule has 0 unspecified atom stereocenters. The molecule has 1 saturated carbocycles. The van der Waals surface area contributed by atoms with Gasteiger partial charge in [0, 0.05) is 30.5 Å². The number of rotatable bonds is 3. The minimum atomic E-state index is -0.104. The average molecular weight is 307 g/mol. The van der Waals surface area contributed by atoms with Gasteiger partial charge in [0.25, 0.3) is 0 Å². The SMILES string of the molecule is O=C(Nc1ccc(N2CCc3ccccc3C2)cc1)NC1CC1. The lowest BCUT2D eigenvalue weighted by molar-refractivity contribution is 0.251. The molecule has 0 atom stereocenters. The van der Waals surface area contributed by atoms with Gasteiger partial charge < -0.3 is 15.5 Å². The van der Waals surface area contributed by atoms with E-state index in [4.69, 9.17) is 0 Å². The summed E-state index contributed by atoms with van der Waals surface area (Å²) in [5, 5.41) is 5.82. The van der Waals surface area contributed by atoms with Crippen LogP contribution < -0.4 is 15.5 Å². The molecule has 4 heteroatoms. The van der Waals surface area contributed by atoms with Gasteiger partial charge >= 0.3 is 6.03 Å². The molecule has 0 bridgehead atoms. The molecule has 2 aliphatic rings. The van der Waals surface area contributed by atoms with Gasteiger partial charge in [0.05, 0.1) is 0 Å². The van der Waals surface area contributed by atoms with E-state index in [2.05, 4.69) is 51.9 Å². The molecule has 0 aromatic heterocycles. The van der Waals surface area contributed by atoms with Gasteiger partial charge in [-0.25, -0.2) is 4.79 Å². The number of hydrogen-bond donors (Lipinski definition) is 2. The zero-order valence-corrected chi connectivity index (χ0v) is 13.1. The Labute approximate surface area is 136 Å². The Morgan fingerprint density at radius 2 is 1.74 bits per heavy atom. The highest BCUT2D eigenvalue weighted by Gasteiger charge is 2.23. The highest BCUT2D eigenvalue weighted by atomic mass is 16.2. The first-order valence-electron chi connectivity index (χ1n) is 8.27. The van der Waals surface area contributed by atoms with Gasteiger partial charge in [-0.2, -0.15) is 0 Å². The second-order valence-electron chi connectivity index (χ2n) is 6.36. The second kappa shape index (κ2) is 5.95. The van der Waals surface area contributed by atoms with Gasteiger partial charge in [-0.15, -0.1) is 0 Å². The fourth-order valence-corrected chi connectivity index (χ4v) is 3.05. The lowest BCUT2D eigenvalue weighted by Crippen LogP contribution is -2.31. The van der Waals surface area contributed by atoms with Gasteiger partial charge in [0.2, 0.25) is 0 Å². The number of hydrogen-bond acceptors (Lipinski definition) is 2. The van der Waals surface area contributed by atoms with Crippen LogP contribution >= 0.6 is 0 Å². The van der Waals surface area contributed by atoms with Crippen molar-refractivity contribution >= 4 is 17.4 Å². The zero-order valence-electron chi connectivity index (χ0n) is 13.1. The van der Waals surface area contributed by atoms with Crippen LogP contribution in [0.3, 0.4) is 0 Å². The topological polar surface area (TPSA) is 44.4 Å². The first-order chi connectivity index (χ1) is 11.3. The first kappa shape index (κ1) is 14.1. The van der Waals surface area contributed by atoms with Crippen LogP contribution in [-0.4, -0.2) is 18.6 Å². The summed E-state index contributed by atoms with van der Waals surface area (Å²) in [5.74, 6) is 0. The van der Waals surface area contributed by atoms with E-state index in [1.54, 1.807) is 0 Å². The molecule has 2 aromatic carbocycles. The van der Waals surface area contributed by atoms with Gasteiger partial charge in [-0.05, 0) is 54.7 Å². The smallest absolute Gasteiger partial charge is 0.319 e. The molecule has 2 amide bonds. The van der Waals surface area contributed by atoms with E-state index in [9.17, 15) is 4.79 Å². The number of carbonyl (C=O) groups is 1. The lowest BCUT2D eigenvalue weighted by atomic mass is 9.99. The van der Waals surface area contributed by atoms with E-state index in [1.807, 2.05) is 12.1 Å². The standard InChI is InChI=1S/C19H21N3O/c23-19(20-16-5-6-16)21-17-7-9-18(10-8-17)22-12-11-14-3-1-2-4-15(14)13-22/h1-4,7-10,16H,5-6,11-13H2,(H2,20,21,23). The van der Waals surface area contributed by atoms with Crippen molar-refractivity contribution in [1.82, 2.24) is 5.32 Å². The van der Waals surface area contributed by atoms with Crippen molar-refractivity contribution in [2.24, 2.45) is 0 Å². The van der Waals surface area contributed by atoms with Crippen LogP contribution in [0.15, 0.2) is 48.5 Å². The van der Waals surface area contributed by atoms with Crippen LogP contribution in [0.25, 0.3) is 0 Å². The Kier molecular flexibility index (Phi) is 3.66. The van der Waals surface area contributed by atoms with Gasteiger partial charge in [-0.1, -0.05) is 24.3 Å². The van der Waals surface area contributed by atoms with Crippen molar-refractivity contribution in [2.75, 3.05) is 16.8 Å². The van der Waals surface area contributed by atoms with E-state index in [1.165, 1.54) is 16.8 Å². The molecular formula is C19H21N3O. The monoisotopic (exact) mass is 307 g/mol. The number of urea groups is 1. The third-order valence-corrected chi connectivity index (χ3v) is 4.53. The summed E-state index contributed by atoms with van der Waals surface area (Å²) in [7, 11) is 0. The summed E-state index contributed by atoms with van der Waals surface area (Å²) in [6.07, 6.45) is 3.28. The Morgan fingerprint density at radius 3 is 2.48 bits per heavy atom. The van der Waals surface area contributed by atoms with Gasteiger partial charge in [-0.3, -0.25) is 0 Å². The molecule has 118 valence electrons. The number of benzene rings is 2. The summed E-state index contributed by atoms with van der Waals surface area (Å²) < 4.78 is 0. The first-order valence-corrected chi connectivity index (χ1v) is 8.27. The van der Waals surface area contributed by atoms with Crippen molar-refractivity contribution in [2.45, 2.75) is 31.8 Å². The third kappa shape index (κ3) is 3.31. The van der Waals surface area contributed by atoms with Gasteiger partial charge in [0.1, 0.15) is 0 Å². The van der Waals surface area contributed by atoms with Crippen molar-refractivity contribution in [3.05, 3.63) is 59.7 Å². The van der Waals surface area contributed by atoms with Crippen LogP contribution in [0.2, 0.25) is 0 Å². The number of amides is 2. The molecule has 2 N–H and O–H groups in total. The van der Waals surface area contributed by atoms with Crippen molar-refractivity contribution < 1.29 is 4.79 Å². The van der Waals surface area contributed by atoms with Crippen LogP contribution in [0.1, 0.15) is 24.0 Å². The number of nitrogens with one attached hydrogen (secondary N) is 2. The second-order valence-corrected chi connectivity index (χ2v) is 6.36.